The van der Waals surface area contributed by atoms with Crippen LogP contribution in [-0.2, 0) is 6.18 Å². The number of carbonyl (C=O) groups is 1. The van der Waals surface area contributed by atoms with Crippen molar-refractivity contribution < 1.29 is 18.0 Å². The molecule has 3 N–H and O–H groups in total. The molecule has 6 nitrogen and oxygen atoms in total. The van der Waals surface area contributed by atoms with Gasteiger partial charge in [0.15, 0.2) is 5.82 Å². The predicted molar refractivity (Wildman–Crippen MR) is 105 cm³/mol. The van der Waals surface area contributed by atoms with Crippen molar-refractivity contribution >= 4 is 18.3 Å². The zero-order valence-electron chi connectivity index (χ0n) is 16.2. The van der Waals surface area contributed by atoms with E-state index in [9.17, 15) is 18.0 Å². The third-order valence-corrected chi connectivity index (χ3v) is 5.00. The summed E-state index contributed by atoms with van der Waals surface area (Å²) in [6.45, 7) is 3.79. The normalized spacial score (nSPS) is 19.7. The van der Waals surface area contributed by atoms with Crippen LogP contribution in [0.1, 0.15) is 67.1 Å². The summed E-state index contributed by atoms with van der Waals surface area (Å²) in [7, 11) is 0. The molecule has 1 saturated carbocycles. The molecule has 29 heavy (non-hydrogen) atoms. The molecule has 2 aromatic rings. The van der Waals surface area contributed by atoms with E-state index in [0.717, 1.165) is 37.9 Å². The van der Waals surface area contributed by atoms with Crippen LogP contribution in [0.2, 0.25) is 0 Å². The highest BCUT2D eigenvalue weighted by atomic mass is 35.5. The molecule has 0 radical (unpaired) electrons. The first kappa shape index (κ1) is 23.2. The van der Waals surface area contributed by atoms with Crippen molar-refractivity contribution in [1.29, 1.82) is 0 Å². The molecule has 0 atom stereocenters. The summed E-state index contributed by atoms with van der Waals surface area (Å²) in [4.78, 5) is 16.7. The molecule has 0 unspecified atom stereocenters. The van der Waals surface area contributed by atoms with E-state index in [0.29, 0.717) is 11.3 Å². The Hall–Kier alpha value is -2.13. The van der Waals surface area contributed by atoms with Crippen molar-refractivity contribution in [2.45, 2.75) is 63.7 Å². The van der Waals surface area contributed by atoms with E-state index in [1.165, 1.54) is 16.9 Å². The Bertz CT molecular complexity index is 827. The third-order valence-electron chi connectivity index (χ3n) is 5.00. The summed E-state index contributed by atoms with van der Waals surface area (Å²) >= 11 is 0. The zero-order valence-corrected chi connectivity index (χ0v) is 17.1. The Kier molecular flexibility index (Phi) is 7.29. The Morgan fingerprint density at radius 1 is 1.21 bits per heavy atom. The van der Waals surface area contributed by atoms with Gasteiger partial charge in [0.05, 0.1) is 23.0 Å². The molecule has 0 bridgehead atoms. The van der Waals surface area contributed by atoms with Gasteiger partial charge in [0.25, 0.3) is 5.91 Å². The number of carbonyl (C=O) groups excluding carboxylic acids is 1. The van der Waals surface area contributed by atoms with Crippen molar-refractivity contribution in [2.24, 2.45) is 5.73 Å². The number of amides is 1. The minimum atomic E-state index is -4.45. The average Bonchev–Trinajstić information content (AvgIpc) is 3.08. The van der Waals surface area contributed by atoms with Gasteiger partial charge in [-0.05, 0) is 43.7 Å². The van der Waals surface area contributed by atoms with Crippen LogP contribution < -0.4 is 11.1 Å². The summed E-state index contributed by atoms with van der Waals surface area (Å²) in [5.74, 6) is -0.0751. The number of hydrogen-bond acceptors (Lipinski definition) is 4. The second kappa shape index (κ2) is 9.13. The average molecular weight is 432 g/mol. The second-order valence-corrected chi connectivity index (χ2v) is 7.50. The number of alkyl halides is 3. The van der Waals surface area contributed by atoms with E-state index in [1.54, 1.807) is 0 Å². The maximum absolute atomic E-state index is 12.8. The lowest BCUT2D eigenvalue weighted by atomic mass is 9.91. The molecular weight excluding hydrogens is 407 g/mol. The molecule has 3 rings (SSSR count). The lowest BCUT2D eigenvalue weighted by molar-refractivity contribution is -0.137. The van der Waals surface area contributed by atoms with Crippen LogP contribution in [0.25, 0.3) is 5.82 Å². The molecule has 10 heteroatoms. The fourth-order valence-electron chi connectivity index (χ4n) is 3.48. The van der Waals surface area contributed by atoms with Crippen molar-refractivity contribution in [3.8, 4) is 5.82 Å². The molecule has 1 aliphatic rings. The summed E-state index contributed by atoms with van der Waals surface area (Å²) in [6, 6.07) is 2.47. The van der Waals surface area contributed by atoms with Gasteiger partial charge in [-0.3, -0.25) is 4.79 Å². The standard InChI is InChI=1S/C19H24F3N5O.ClH/c1-11(2)17-15(18(28)26-14-6-4-13(23)5-7-14)10-25-27(17)16-8-3-12(9-24-16)19(20,21)22;/h3,8-11,13-14H,4-7,23H2,1-2H3,(H,26,28);1H. The first-order valence-electron chi connectivity index (χ1n) is 9.34. The number of pyridine rings is 1. The molecule has 160 valence electrons. The molecule has 2 heterocycles. The Labute approximate surface area is 173 Å². The van der Waals surface area contributed by atoms with E-state index in [-0.39, 0.29) is 42.1 Å². The first-order valence-corrected chi connectivity index (χ1v) is 9.34. The van der Waals surface area contributed by atoms with E-state index in [4.69, 9.17) is 5.73 Å². The number of rotatable bonds is 4. The maximum Gasteiger partial charge on any atom is 0.417 e. The Morgan fingerprint density at radius 3 is 2.38 bits per heavy atom. The molecule has 2 aromatic heterocycles. The van der Waals surface area contributed by atoms with Crippen molar-refractivity contribution in [2.75, 3.05) is 0 Å². The molecule has 1 aliphatic carbocycles. The van der Waals surface area contributed by atoms with Gasteiger partial charge in [-0.2, -0.15) is 18.3 Å². The topological polar surface area (TPSA) is 85.8 Å². The number of nitrogens with one attached hydrogen (secondary N) is 1. The zero-order chi connectivity index (χ0) is 20.5. The van der Waals surface area contributed by atoms with E-state index >= 15 is 0 Å². The fourth-order valence-corrected chi connectivity index (χ4v) is 3.48. The largest absolute Gasteiger partial charge is 0.417 e. The third kappa shape index (κ3) is 5.27. The predicted octanol–water partition coefficient (Wildman–Crippen LogP) is 3.83. The lowest BCUT2D eigenvalue weighted by Crippen LogP contribution is -2.40. The van der Waals surface area contributed by atoms with Crippen molar-refractivity contribution in [3.05, 3.63) is 41.3 Å². The summed E-state index contributed by atoms with van der Waals surface area (Å²) in [5, 5.41) is 7.25. The van der Waals surface area contributed by atoms with Crippen LogP contribution >= 0.6 is 12.4 Å². The molecule has 1 amide bonds. The van der Waals surface area contributed by atoms with Gasteiger partial charge in [0, 0.05) is 18.3 Å². The van der Waals surface area contributed by atoms with Crippen LogP contribution in [0.5, 0.6) is 0 Å². The van der Waals surface area contributed by atoms with Gasteiger partial charge in [0.2, 0.25) is 0 Å². The van der Waals surface area contributed by atoms with Crippen LogP contribution in [0.4, 0.5) is 13.2 Å². The van der Waals surface area contributed by atoms with Crippen molar-refractivity contribution in [1.82, 2.24) is 20.1 Å². The quantitative estimate of drug-likeness (QED) is 0.770. The molecule has 0 saturated heterocycles. The highest BCUT2D eigenvalue weighted by molar-refractivity contribution is 5.95. The van der Waals surface area contributed by atoms with Gasteiger partial charge in [-0.25, -0.2) is 9.67 Å². The number of hydrogen-bond donors (Lipinski definition) is 2. The highest BCUT2D eigenvalue weighted by Gasteiger charge is 2.31. The monoisotopic (exact) mass is 431 g/mol. The SMILES string of the molecule is CC(C)c1c(C(=O)NC2CCC(N)CC2)cnn1-c1ccc(C(F)(F)F)cn1.Cl. The summed E-state index contributed by atoms with van der Waals surface area (Å²) < 4.78 is 39.7. The van der Waals surface area contributed by atoms with Crippen LogP contribution in [0.15, 0.2) is 24.5 Å². The molecule has 0 aliphatic heterocycles. The Balaban J connectivity index is 0.00000300. The second-order valence-electron chi connectivity index (χ2n) is 7.50. The van der Waals surface area contributed by atoms with E-state index in [1.807, 2.05) is 13.8 Å². The van der Waals surface area contributed by atoms with Gasteiger partial charge < -0.3 is 11.1 Å². The Morgan fingerprint density at radius 2 is 1.86 bits per heavy atom. The number of nitrogens with two attached hydrogens (primary N) is 1. The molecule has 0 spiro atoms. The molecular formula is C19H25ClF3N5O. The minimum Gasteiger partial charge on any atom is -0.349 e. The number of halogens is 4. The van der Waals surface area contributed by atoms with E-state index < -0.39 is 11.7 Å². The van der Waals surface area contributed by atoms with E-state index in [2.05, 4.69) is 15.4 Å². The maximum atomic E-state index is 12.8. The van der Waals surface area contributed by atoms with Gasteiger partial charge >= 0.3 is 6.18 Å². The summed E-state index contributed by atoms with van der Waals surface area (Å²) in [5.41, 5.74) is 6.09. The van der Waals surface area contributed by atoms with Gasteiger partial charge in [0.1, 0.15) is 0 Å². The number of nitrogens with zero attached hydrogens (tertiary/aromatic N) is 3. The fraction of sp³-hybridized carbons (Fsp3) is 0.526. The molecule has 0 aromatic carbocycles. The lowest BCUT2D eigenvalue weighted by Gasteiger charge is -2.26. The number of aromatic nitrogens is 3. The van der Waals surface area contributed by atoms with Gasteiger partial charge in [-0.15, -0.1) is 12.4 Å². The van der Waals surface area contributed by atoms with Crippen LogP contribution in [0.3, 0.4) is 0 Å². The van der Waals surface area contributed by atoms with Crippen molar-refractivity contribution in [3.63, 3.8) is 0 Å². The summed E-state index contributed by atoms with van der Waals surface area (Å²) in [6.07, 6.45) is 1.17. The highest BCUT2D eigenvalue weighted by Crippen LogP contribution is 2.29. The smallest absolute Gasteiger partial charge is 0.349 e. The van der Waals surface area contributed by atoms with Crippen LogP contribution in [0, 0.1) is 0 Å². The minimum absolute atomic E-state index is 0. The van der Waals surface area contributed by atoms with Crippen LogP contribution in [-0.4, -0.2) is 32.8 Å². The molecule has 1 fully saturated rings. The van der Waals surface area contributed by atoms with Gasteiger partial charge in [-0.1, -0.05) is 13.8 Å². The first-order chi connectivity index (χ1) is 13.2.